The lowest BCUT2D eigenvalue weighted by Crippen LogP contribution is -2.04. The fraction of sp³-hybridized carbons (Fsp3) is 0.571. The van der Waals surface area contributed by atoms with Crippen molar-refractivity contribution in [3.63, 3.8) is 0 Å². The average Bonchev–Trinajstić information content (AvgIpc) is 1.86. The highest BCUT2D eigenvalue weighted by Crippen LogP contribution is 1.96. The molecule has 0 aliphatic carbocycles. The number of nitrogens with zero attached hydrogens (tertiary/aromatic N) is 1. The van der Waals surface area contributed by atoms with Gasteiger partial charge in [-0.1, -0.05) is 0 Å². The summed E-state index contributed by atoms with van der Waals surface area (Å²) in [6, 6.07) is 0. The van der Waals surface area contributed by atoms with Gasteiger partial charge in [0.2, 0.25) is 0 Å². The Balaban J connectivity index is 3.86. The molecule has 0 atom stereocenters. The van der Waals surface area contributed by atoms with Gasteiger partial charge in [-0.15, -0.1) is 0 Å². The zero-order valence-corrected chi connectivity index (χ0v) is 6.66. The lowest BCUT2D eigenvalue weighted by atomic mass is 10.4. The van der Waals surface area contributed by atoms with Crippen LogP contribution in [-0.4, -0.2) is 19.4 Å². The number of hydrogen-bond acceptors (Lipinski definition) is 3. The predicted octanol–water partition coefficient (Wildman–Crippen LogP) is 0.912. The molecule has 0 unspecified atom stereocenters. The van der Waals surface area contributed by atoms with Crippen molar-refractivity contribution in [3.8, 4) is 0 Å². The first kappa shape index (κ1) is 9.01. The fourth-order valence-electron chi connectivity index (χ4n) is 0.512. The molecule has 0 spiro atoms. The maximum Gasteiger partial charge on any atom is 0.152 e. The molecule has 0 saturated heterocycles. The van der Waals surface area contributed by atoms with Gasteiger partial charge in [0, 0.05) is 13.2 Å². The van der Waals surface area contributed by atoms with E-state index in [9.17, 15) is 0 Å². The average molecular weight is 142 g/mol. The van der Waals surface area contributed by atoms with Crippen molar-refractivity contribution in [1.82, 2.24) is 0 Å². The molecule has 3 nitrogen and oxygen atoms in total. The zero-order chi connectivity index (χ0) is 7.98. The quantitative estimate of drug-likeness (QED) is 0.470. The van der Waals surface area contributed by atoms with Gasteiger partial charge < -0.3 is 10.5 Å². The van der Waals surface area contributed by atoms with Crippen LogP contribution in [0.15, 0.2) is 17.0 Å². The van der Waals surface area contributed by atoms with Gasteiger partial charge in [-0.25, -0.2) is 0 Å². The van der Waals surface area contributed by atoms with Gasteiger partial charge in [-0.05, 0) is 13.8 Å². The second-order valence-corrected chi connectivity index (χ2v) is 2.12. The lowest BCUT2D eigenvalue weighted by molar-refractivity contribution is 0.164. The van der Waals surface area contributed by atoms with Gasteiger partial charge in [0.1, 0.15) is 0 Å². The van der Waals surface area contributed by atoms with Gasteiger partial charge in [-0.3, -0.25) is 4.99 Å². The van der Waals surface area contributed by atoms with Crippen LogP contribution >= 0.6 is 0 Å². The molecule has 0 saturated carbocycles. The van der Waals surface area contributed by atoms with Crippen molar-refractivity contribution in [2.45, 2.75) is 20.0 Å². The highest BCUT2D eigenvalue weighted by atomic mass is 16.5. The molecule has 0 fully saturated rings. The van der Waals surface area contributed by atoms with E-state index in [1.165, 1.54) is 6.20 Å². The van der Waals surface area contributed by atoms with Crippen LogP contribution in [0.1, 0.15) is 13.8 Å². The smallest absolute Gasteiger partial charge is 0.152 e. The first-order valence-electron chi connectivity index (χ1n) is 3.21. The first-order chi connectivity index (χ1) is 4.70. The van der Waals surface area contributed by atoms with Crippen molar-refractivity contribution in [1.29, 1.82) is 0 Å². The molecular weight excluding hydrogens is 128 g/mol. The van der Waals surface area contributed by atoms with E-state index in [-0.39, 0.29) is 6.10 Å². The molecule has 0 bridgehead atoms. The minimum absolute atomic E-state index is 0.146. The molecular formula is C7H14N2O. The van der Waals surface area contributed by atoms with Gasteiger partial charge >= 0.3 is 0 Å². The molecule has 10 heavy (non-hydrogen) atoms. The standard InChI is InChI=1S/C7H14N2O/c1-6(2)10-7(4-8)5-9-3/h4-6H,8H2,1-3H3/b7-4+,9-5-. The second-order valence-electron chi connectivity index (χ2n) is 2.12. The highest BCUT2D eigenvalue weighted by Gasteiger charge is 1.94. The van der Waals surface area contributed by atoms with E-state index in [4.69, 9.17) is 10.5 Å². The van der Waals surface area contributed by atoms with Gasteiger partial charge in [-0.2, -0.15) is 0 Å². The number of rotatable bonds is 3. The molecule has 0 aromatic heterocycles. The molecule has 0 aliphatic rings. The van der Waals surface area contributed by atoms with Gasteiger partial charge in [0.15, 0.2) is 5.76 Å². The zero-order valence-electron chi connectivity index (χ0n) is 6.66. The van der Waals surface area contributed by atoms with Crippen LogP contribution in [0.2, 0.25) is 0 Å². The molecule has 0 radical (unpaired) electrons. The van der Waals surface area contributed by atoms with Crippen LogP contribution in [0.4, 0.5) is 0 Å². The molecule has 0 aromatic carbocycles. The molecule has 0 amide bonds. The van der Waals surface area contributed by atoms with E-state index in [1.807, 2.05) is 13.8 Å². The van der Waals surface area contributed by atoms with Crippen LogP contribution in [0.3, 0.4) is 0 Å². The van der Waals surface area contributed by atoms with E-state index < -0.39 is 0 Å². The minimum Gasteiger partial charge on any atom is -0.488 e. The Hall–Kier alpha value is -0.990. The summed E-state index contributed by atoms with van der Waals surface area (Å²) in [4.78, 5) is 3.76. The summed E-state index contributed by atoms with van der Waals surface area (Å²) in [5.41, 5.74) is 5.23. The van der Waals surface area contributed by atoms with Crippen LogP contribution in [0.25, 0.3) is 0 Å². The summed E-state index contributed by atoms with van der Waals surface area (Å²) in [7, 11) is 1.67. The first-order valence-corrected chi connectivity index (χ1v) is 3.21. The monoisotopic (exact) mass is 142 g/mol. The van der Waals surface area contributed by atoms with E-state index in [0.29, 0.717) is 5.76 Å². The normalized spacial score (nSPS) is 13.0. The summed E-state index contributed by atoms with van der Waals surface area (Å²) in [6.07, 6.45) is 3.13. The van der Waals surface area contributed by atoms with Crippen LogP contribution < -0.4 is 5.73 Å². The Labute approximate surface area is 61.6 Å². The Morgan fingerprint density at radius 2 is 2.20 bits per heavy atom. The topological polar surface area (TPSA) is 47.6 Å². The Morgan fingerprint density at radius 3 is 2.50 bits per heavy atom. The Kier molecular flexibility index (Phi) is 4.37. The maximum absolute atomic E-state index is 5.23. The Morgan fingerprint density at radius 1 is 1.60 bits per heavy atom. The van der Waals surface area contributed by atoms with Crippen molar-refractivity contribution < 1.29 is 4.74 Å². The minimum atomic E-state index is 0.146. The van der Waals surface area contributed by atoms with Crippen molar-refractivity contribution in [3.05, 3.63) is 12.0 Å². The number of aliphatic imine (C=N–C) groups is 1. The highest BCUT2D eigenvalue weighted by molar-refractivity contribution is 5.75. The van der Waals surface area contributed by atoms with E-state index >= 15 is 0 Å². The summed E-state index contributed by atoms with van der Waals surface area (Å²) >= 11 is 0. The Bertz CT molecular complexity index is 139. The van der Waals surface area contributed by atoms with Crippen molar-refractivity contribution in [2.75, 3.05) is 7.05 Å². The van der Waals surface area contributed by atoms with Crippen molar-refractivity contribution in [2.24, 2.45) is 10.7 Å². The summed E-state index contributed by atoms with van der Waals surface area (Å²) in [5.74, 6) is 0.609. The van der Waals surface area contributed by atoms with E-state index in [0.717, 1.165) is 0 Å². The number of ether oxygens (including phenoxy) is 1. The predicted molar refractivity (Wildman–Crippen MR) is 42.9 cm³/mol. The van der Waals surface area contributed by atoms with Crippen LogP contribution in [0, 0.1) is 0 Å². The second kappa shape index (κ2) is 4.85. The summed E-state index contributed by atoms with van der Waals surface area (Å²) < 4.78 is 5.23. The third kappa shape index (κ3) is 3.95. The van der Waals surface area contributed by atoms with Crippen LogP contribution in [-0.2, 0) is 4.74 Å². The lowest BCUT2D eigenvalue weighted by Gasteiger charge is -2.08. The van der Waals surface area contributed by atoms with Crippen LogP contribution in [0.5, 0.6) is 0 Å². The molecule has 2 N–H and O–H groups in total. The molecule has 0 aromatic rings. The molecule has 0 aliphatic heterocycles. The third-order valence-corrected chi connectivity index (χ3v) is 0.792. The fourth-order valence-corrected chi connectivity index (χ4v) is 0.512. The largest absolute Gasteiger partial charge is 0.488 e. The van der Waals surface area contributed by atoms with E-state index in [1.54, 1.807) is 13.3 Å². The molecule has 58 valence electrons. The SMILES string of the molecule is C/N=C\C(=C/N)OC(C)C. The van der Waals surface area contributed by atoms with Crippen molar-refractivity contribution >= 4 is 6.21 Å². The molecule has 0 heterocycles. The molecule has 3 heteroatoms. The number of hydrogen-bond donors (Lipinski definition) is 1. The molecule has 0 rings (SSSR count). The third-order valence-electron chi connectivity index (χ3n) is 0.792. The summed E-state index contributed by atoms with van der Waals surface area (Å²) in [5, 5.41) is 0. The maximum atomic E-state index is 5.23. The summed E-state index contributed by atoms with van der Waals surface area (Å²) in [6.45, 7) is 3.88. The van der Waals surface area contributed by atoms with Gasteiger partial charge in [0.25, 0.3) is 0 Å². The number of allylic oxidation sites excluding steroid dienone is 1. The van der Waals surface area contributed by atoms with Gasteiger partial charge in [0.05, 0.1) is 12.3 Å². The van der Waals surface area contributed by atoms with E-state index in [2.05, 4.69) is 4.99 Å². The number of nitrogens with two attached hydrogens (primary N) is 1.